The largest absolute Gasteiger partial charge is 0.294 e. The molecule has 1 fully saturated rings. The third-order valence-electron chi connectivity index (χ3n) is 5.93. The molecular weight excluding hydrogens is 499 g/mol. The first-order valence-corrected chi connectivity index (χ1v) is 13.6. The molecule has 7 nitrogen and oxygen atoms in total. The minimum Gasteiger partial charge on any atom is -0.294 e. The van der Waals surface area contributed by atoms with Crippen molar-refractivity contribution in [3.05, 3.63) is 102 Å². The normalized spacial score (nSPS) is 14.5. The van der Waals surface area contributed by atoms with Crippen LogP contribution >= 0.6 is 11.8 Å². The van der Waals surface area contributed by atoms with Crippen molar-refractivity contribution in [3.8, 4) is 0 Å². The van der Waals surface area contributed by atoms with Crippen LogP contribution in [0.25, 0.3) is 0 Å². The van der Waals surface area contributed by atoms with Crippen LogP contribution < -0.4 is 0 Å². The summed E-state index contributed by atoms with van der Waals surface area (Å²) in [5.41, 5.74) is 2.49. The summed E-state index contributed by atoms with van der Waals surface area (Å²) in [6, 6.07) is 19.9. The Morgan fingerprint density at radius 3 is 2.61 bits per heavy atom. The molecule has 0 radical (unpaired) electrons. The average molecular weight is 523 g/mol. The predicted octanol–water partition coefficient (Wildman–Crippen LogP) is 4.58. The molecule has 1 aliphatic heterocycles. The molecule has 5 rings (SSSR count). The number of H-pyrrole nitrogens is 1. The van der Waals surface area contributed by atoms with E-state index in [1.165, 1.54) is 28.2 Å². The van der Waals surface area contributed by atoms with Crippen LogP contribution in [-0.4, -0.2) is 46.8 Å². The molecule has 36 heavy (non-hydrogen) atoms. The van der Waals surface area contributed by atoms with E-state index >= 15 is 0 Å². The number of sulfonamides is 1. The van der Waals surface area contributed by atoms with E-state index in [-0.39, 0.29) is 36.1 Å². The number of pyridine rings is 1. The van der Waals surface area contributed by atoms with Crippen LogP contribution in [0.1, 0.15) is 28.2 Å². The van der Waals surface area contributed by atoms with E-state index in [4.69, 9.17) is 0 Å². The zero-order valence-corrected chi connectivity index (χ0v) is 20.8. The van der Waals surface area contributed by atoms with Crippen molar-refractivity contribution < 1.29 is 17.6 Å². The maximum Gasteiger partial charge on any atom is 0.243 e. The number of carbonyl (C=O) groups excluding carboxylic acids is 1. The fraction of sp³-hybridized carbons (Fsp3) is 0.192. The molecule has 3 heterocycles. The fourth-order valence-corrected chi connectivity index (χ4v) is 6.48. The van der Waals surface area contributed by atoms with Gasteiger partial charge in [-0.1, -0.05) is 30.0 Å². The minimum atomic E-state index is -3.67. The summed E-state index contributed by atoms with van der Waals surface area (Å²) in [5, 5.41) is 8.19. The molecule has 2 aromatic heterocycles. The van der Waals surface area contributed by atoms with Crippen molar-refractivity contribution in [1.82, 2.24) is 19.5 Å². The standard InChI is InChI=1S/C26H23FN4O3S2/c27-20-7-9-24(10-8-20)36(33,34)31-16-18(17-31)12-25(32)19-4-3-6-23(13-19)35-26-15-22(29-30-26)14-21-5-1-2-11-28-21/h1-11,13,15,18H,12,14,16-17H2,(H,29,30). The van der Waals surface area contributed by atoms with Crippen molar-refractivity contribution in [2.24, 2.45) is 5.92 Å². The number of nitrogens with zero attached hydrogens (tertiary/aromatic N) is 3. The first-order valence-electron chi connectivity index (χ1n) is 11.4. The number of nitrogens with one attached hydrogen (secondary N) is 1. The number of hydrogen-bond acceptors (Lipinski definition) is 6. The van der Waals surface area contributed by atoms with E-state index in [2.05, 4.69) is 15.2 Å². The third-order valence-corrected chi connectivity index (χ3v) is 8.69. The lowest BCUT2D eigenvalue weighted by Gasteiger charge is -2.37. The molecule has 0 spiro atoms. The van der Waals surface area contributed by atoms with Gasteiger partial charge in [0.15, 0.2) is 5.78 Å². The lowest BCUT2D eigenvalue weighted by atomic mass is 9.94. The van der Waals surface area contributed by atoms with Gasteiger partial charge < -0.3 is 0 Å². The van der Waals surface area contributed by atoms with Crippen molar-refractivity contribution in [2.45, 2.75) is 27.7 Å². The molecule has 2 aromatic carbocycles. The van der Waals surface area contributed by atoms with Crippen LogP contribution in [0.15, 0.2) is 93.8 Å². The van der Waals surface area contributed by atoms with Gasteiger partial charge in [-0.3, -0.25) is 14.9 Å². The lowest BCUT2D eigenvalue weighted by Crippen LogP contribution is -2.50. The number of ketones is 1. The van der Waals surface area contributed by atoms with Gasteiger partial charge in [-0.25, -0.2) is 12.8 Å². The predicted molar refractivity (Wildman–Crippen MR) is 134 cm³/mol. The van der Waals surface area contributed by atoms with Crippen molar-refractivity contribution in [3.63, 3.8) is 0 Å². The topological polar surface area (TPSA) is 96.0 Å². The molecule has 0 atom stereocenters. The summed E-state index contributed by atoms with van der Waals surface area (Å²) in [5.74, 6) is -0.567. The second-order valence-electron chi connectivity index (χ2n) is 8.63. The van der Waals surface area contributed by atoms with Crippen LogP contribution in [0.5, 0.6) is 0 Å². The number of hydrogen-bond donors (Lipinski definition) is 1. The minimum absolute atomic E-state index is 0.0286. The molecule has 0 bridgehead atoms. The quantitative estimate of drug-likeness (QED) is 0.323. The number of carbonyl (C=O) groups is 1. The third kappa shape index (κ3) is 5.56. The van der Waals surface area contributed by atoms with Gasteiger partial charge in [-0.2, -0.15) is 9.40 Å². The number of aromatic amines is 1. The Bertz CT molecular complexity index is 1470. The first kappa shape index (κ1) is 24.4. The van der Waals surface area contributed by atoms with E-state index in [1.54, 1.807) is 12.3 Å². The Hall–Kier alpha value is -3.34. The summed E-state index contributed by atoms with van der Waals surface area (Å²) in [6.45, 7) is 0.540. The Morgan fingerprint density at radius 2 is 1.86 bits per heavy atom. The highest BCUT2D eigenvalue weighted by Gasteiger charge is 2.37. The van der Waals surface area contributed by atoms with Gasteiger partial charge in [0.05, 0.1) is 4.90 Å². The summed E-state index contributed by atoms with van der Waals surface area (Å²) >= 11 is 1.46. The number of rotatable bonds is 9. The summed E-state index contributed by atoms with van der Waals surface area (Å²) < 4.78 is 39.7. The molecular formula is C26H23FN4O3S2. The van der Waals surface area contributed by atoms with E-state index in [1.807, 2.05) is 42.5 Å². The van der Waals surface area contributed by atoms with Gasteiger partial charge in [-0.05, 0) is 60.5 Å². The zero-order chi connectivity index (χ0) is 25.1. The Morgan fingerprint density at radius 1 is 1.06 bits per heavy atom. The zero-order valence-electron chi connectivity index (χ0n) is 19.2. The van der Waals surface area contributed by atoms with Crippen molar-refractivity contribution in [2.75, 3.05) is 13.1 Å². The number of Topliss-reactive ketones (excluding diaryl/α,β-unsaturated/α-hetero) is 1. The van der Waals surface area contributed by atoms with Gasteiger partial charge in [0, 0.05) is 54.0 Å². The molecule has 4 aromatic rings. The highest BCUT2D eigenvalue weighted by atomic mass is 32.2. The fourth-order valence-electron chi connectivity index (χ4n) is 4.02. The molecule has 0 saturated carbocycles. The second kappa shape index (κ2) is 10.3. The Kier molecular flexibility index (Phi) is 6.99. The maximum atomic E-state index is 13.1. The molecule has 0 amide bonds. The molecule has 0 unspecified atom stereocenters. The highest BCUT2D eigenvalue weighted by molar-refractivity contribution is 7.99. The Labute approximate surface area is 212 Å². The van der Waals surface area contributed by atoms with Crippen LogP contribution in [0, 0.1) is 11.7 Å². The van der Waals surface area contributed by atoms with Gasteiger partial charge in [0.25, 0.3) is 0 Å². The smallest absolute Gasteiger partial charge is 0.243 e. The van der Waals surface area contributed by atoms with Gasteiger partial charge in [0.2, 0.25) is 10.0 Å². The van der Waals surface area contributed by atoms with Crippen LogP contribution in [0.3, 0.4) is 0 Å². The summed E-state index contributed by atoms with van der Waals surface area (Å²) in [6.07, 6.45) is 2.68. The van der Waals surface area contributed by atoms with Crippen LogP contribution in [0.2, 0.25) is 0 Å². The van der Waals surface area contributed by atoms with Gasteiger partial charge in [0.1, 0.15) is 10.8 Å². The van der Waals surface area contributed by atoms with Crippen molar-refractivity contribution in [1.29, 1.82) is 0 Å². The highest BCUT2D eigenvalue weighted by Crippen LogP contribution is 2.30. The van der Waals surface area contributed by atoms with Gasteiger partial charge >= 0.3 is 0 Å². The van der Waals surface area contributed by atoms with E-state index in [0.29, 0.717) is 12.0 Å². The van der Waals surface area contributed by atoms with Crippen LogP contribution in [-0.2, 0) is 16.4 Å². The summed E-state index contributed by atoms with van der Waals surface area (Å²) in [4.78, 5) is 18.2. The van der Waals surface area contributed by atoms with E-state index < -0.39 is 15.8 Å². The first-order chi connectivity index (χ1) is 17.4. The molecule has 184 valence electrons. The number of aromatic nitrogens is 3. The van der Waals surface area contributed by atoms with Crippen LogP contribution in [0.4, 0.5) is 4.39 Å². The second-order valence-corrected chi connectivity index (χ2v) is 11.7. The van der Waals surface area contributed by atoms with E-state index in [0.717, 1.165) is 33.4 Å². The average Bonchev–Trinajstić information content (AvgIpc) is 3.28. The monoisotopic (exact) mass is 522 g/mol. The molecule has 10 heteroatoms. The molecule has 0 aliphatic carbocycles. The number of benzene rings is 2. The lowest BCUT2D eigenvalue weighted by molar-refractivity contribution is 0.0905. The molecule has 1 saturated heterocycles. The SMILES string of the molecule is O=C(CC1CN(S(=O)(=O)c2ccc(F)cc2)C1)c1cccc(Sc2cc(Cc3ccccn3)[nH]n2)c1. The molecule has 1 aliphatic rings. The van der Waals surface area contributed by atoms with E-state index in [9.17, 15) is 17.6 Å². The van der Waals surface area contributed by atoms with Crippen molar-refractivity contribution >= 4 is 27.6 Å². The maximum absolute atomic E-state index is 13.1. The Balaban J connectivity index is 1.16. The molecule has 1 N–H and O–H groups in total. The van der Waals surface area contributed by atoms with Gasteiger partial charge in [-0.15, -0.1) is 0 Å². The summed E-state index contributed by atoms with van der Waals surface area (Å²) in [7, 11) is -3.67. The number of halogens is 1.